The second-order valence-electron chi connectivity index (χ2n) is 6.76. The first kappa shape index (κ1) is 19.5. The number of esters is 1. The molecular weight excluding hydrogens is 382 g/mol. The van der Waals surface area contributed by atoms with Gasteiger partial charge in [-0.25, -0.2) is 4.79 Å². The van der Waals surface area contributed by atoms with Crippen molar-refractivity contribution in [1.29, 1.82) is 0 Å². The molecule has 3 aromatic rings. The normalized spacial score (nSPS) is 12.3. The van der Waals surface area contributed by atoms with Gasteiger partial charge < -0.3 is 19.5 Å². The molecule has 0 spiro atoms. The van der Waals surface area contributed by atoms with E-state index in [1.165, 1.54) is 0 Å². The Kier molecular flexibility index (Phi) is 5.94. The molecule has 1 aliphatic heterocycles. The summed E-state index contributed by atoms with van der Waals surface area (Å²) in [5.74, 6) is 0.0918. The van der Waals surface area contributed by atoms with E-state index in [0.29, 0.717) is 30.3 Å². The van der Waals surface area contributed by atoms with Crippen molar-refractivity contribution in [2.24, 2.45) is 0 Å². The van der Waals surface area contributed by atoms with Gasteiger partial charge in [0.1, 0.15) is 13.2 Å². The maximum atomic E-state index is 12.5. The summed E-state index contributed by atoms with van der Waals surface area (Å²) in [4.78, 5) is 24.9. The molecule has 0 aliphatic carbocycles. The molecule has 152 valence electrons. The van der Waals surface area contributed by atoms with Gasteiger partial charge in [-0.3, -0.25) is 4.79 Å². The van der Waals surface area contributed by atoms with Crippen molar-refractivity contribution in [2.45, 2.75) is 6.04 Å². The number of carbonyl (C=O) groups is 2. The molecule has 1 heterocycles. The Morgan fingerprint density at radius 2 is 1.43 bits per heavy atom. The van der Waals surface area contributed by atoms with Crippen molar-refractivity contribution in [3.05, 3.63) is 95.6 Å². The summed E-state index contributed by atoms with van der Waals surface area (Å²) < 4.78 is 16.1. The lowest BCUT2D eigenvalue weighted by Gasteiger charge is -2.20. The van der Waals surface area contributed by atoms with Crippen molar-refractivity contribution in [2.75, 3.05) is 19.8 Å². The largest absolute Gasteiger partial charge is 0.486 e. The molecule has 4 rings (SSSR count). The first-order valence-electron chi connectivity index (χ1n) is 9.67. The van der Waals surface area contributed by atoms with E-state index in [4.69, 9.17) is 14.2 Å². The SMILES string of the molecule is O=C(COC(=O)c1ccc2c(c1)OCCO2)NC(c1ccccc1)c1ccccc1. The van der Waals surface area contributed by atoms with Gasteiger partial charge in [0.05, 0.1) is 11.6 Å². The summed E-state index contributed by atoms with van der Waals surface area (Å²) >= 11 is 0. The van der Waals surface area contributed by atoms with Crippen molar-refractivity contribution >= 4 is 11.9 Å². The van der Waals surface area contributed by atoms with Crippen molar-refractivity contribution in [1.82, 2.24) is 5.32 Å². The van der Waals surface area contributed by atoms with Crippen molar-refractivity contribution in [3.8, 4) is 11.5 Å². The van der Waals surface area contributed by atoms with Crippen LogP contribution in [0.1, 0.15) is 27.5 Å². The zero-order chi connectivity index (χ0) is 20.8. The summed E-state index contributed by atoms with van der Waals surface area (Å²) in [6.07, 6.45) is 0. The average Bonchev–Trinajstić information content (AvgIpc) is 2.81. The number of nitrogens with one attached hydrogen (secondary N) is 1. The van der Waals surface area contributed by atoms with Crippen molar-refractivity contribution < 1.29 is 23.8 Å². The van der Waals surface area contributed by atoms with E-state index < -0.39 is 11.9 Å². The third-order valence-electron chi connectivity index (χ3n) is 4.68. The summed E-state index contributed by atoms with van der Waals surface area (Å²) in [6, 6.07) is 23.7. The van der Waals surface area contributed by atoms with Gasteiger partial charge >= 0.3 is 5.97 Å². The predicted octanol–water partition coefficient (Wildman–Crippen LogP) is 3.52. The number of hydrogen-bond acceptors (Lipinski definition) is 5. The van der Waals surface area contributed by atoms with E-state index in [1.54, 1.807) is 18.2 Å². The molecule has 0 unspecified atom stereocenters. The standard InChI is InChI=1S/C24H21NO5/c26-22(16-30-24(27)19-11-12-20-21(15-19)29-14-13-28-20)25-23(17-7-3-1-4-8-17)18-9-5-2-6-10-18/h1-12,15,23H,13-14,16H2,(H,25,26). The van der Waals surface area contributed by atoms with Gasteiger partial charge in [-0.1, -0.05) is 60.7 Å². The minimum absolute atomic E-state index is 0.301. The number of hydrogen-bond donors (Lipinski definition) is 1. The Morgan fingerprint density at radius 1 is 0.833 bits per heavy atom. The van der Waals surface area contributed by atoms with Crippen LogP contribution in [0.3, 0.4) is 0 Å². The Morgan fingerprint density at radius 3 is 2.07 bits per heavy atom. The third-order valence-corrected chi connectivity index (χ3v) is 4.68. The lowest BCUT2D eigenvalue weighted by molar-refractivity contribution is -0.124. The number of carbonyl (C=O) groups excluding carboxylic acids is 2. The molecular formula is C24H21NO5. The van der Waals surface area contributed by atoms with E-state index in [9.17, 15) is 9.59 Å². The zero-order valence-corrected chi connectivity index (χ0v) is 16.2. The molecule has 1 aliphatic rings. The Bertz CT molecular complexity index is 981. The van der Waals surface area contributed by atoms with Crippen LogP contribution in [0.5, 0.6) is 11.5 Å². The van der Waals surface area contributed by atoms with Gasteiger partial charge in [0, 0.05) is 0 Å². The van der Waals surface area contributed by atoms with Crippen molar-refractivity contribution in [3.63, 3.8) is 0 Å². The van der Waals surface area contributed by atoms with E-state index in [1.807, 2.05) is 60.7 Å². The highest BCUT2D eigenvalue weighted by atomic mass is 16.6. The summed E-state index contributed by atoms with van der Waals surface area (Å²) in [5.41, 5.74) is 2.18. The van der Waals surface area contributed by atoms with Gasteiger partial charge in [0.2, 0.25) is 0 Å². The summed E-state index contributed by atoms with van der Waals surface area (Å²) in [6.45, 7) is 0.513. The van der Waals surface area contributed by atoms with Gasteiger partial charge in [0.25, 0.3) is 5.91 Å². The van der Waals surface area contributed by atoms with Gasteiger partial charge in [-0.05, 0) is 29.3 Å². The fraction of sp³-hybridized carbons (Fsp3) is 0.167. The number of ether oxygens (including phenoxy) is 3. The third kappa shape index (κ3) is 4.60. The summed E-state index contributed by atoms with van der Waals surface area (Å²) in [7, 11) is 0. The van der Waals surface area contributed by atoms with Crippen LogP contribution >= 0.6 is 0 Å². The summed E-state index contributed by atoms with van der Waals surface area (Å²) in [5, 5.41) is 2.95. The van der Waals surface area contributed by atoms with Crippen LogP contribution < -0.4 is 14.8 Å². The van der Waals surface area contributed by atoms with E-state index in [0.717, 1.165) is 11.1 Å². The van der Waals surface area contributed by atoms with Crippen LogP contribution in [0.4, 0.5) is 0 Å². The highest BCUT2D eigenvalue weighted by Gasteiger charge is 2.19. The molecule has 6 heteroatoms. The lowest BCUT2D eigenvalue weighted by Crippen LogP contribution is -2.33. The lowest BCUT2D eigenvalue weighted by atomic mass is 9.99. The molecule has 1 amide bonds. The van der Waals surface area contributed by atoms with Crippen LogP contribution in [0.2, 0.25) is 0 Å². The highest BCUT2D eigenvalue weighted by molar-refractivity contribution is 5.92. The zero-order valence-electron chi connectivity index (χ0n) is 16.2. The Hall–Kier alpha value is -3.80. The van der Waals surface area contributed by atoms with Crippen LogP contribution in [-0.4, -0.2) is 31.7 Å². The molecule has 6 nitrogen and oxygen atoms in total. The maximum Gasteiger partial charge on any atom is 0.338 e. The predicted molar refractivity (Wildman–Crippen MR) is 111 cm³/mol. The Labute approximate surface area is 174 Å². The van der Waals surface area contributed by atoms with Gasteiger partial charge in [-0.2, -0.15) is 0 Å². The second-order valence-corrected chi connectivity index (χ2v) is 6.76. The average molecular weight is 403 g/mol. The molecule has 30 heavy (non-hydrogen) atoms. The van der Waals surface area contributed by atoms with Crippen LogP contribution in [0.25, 0.3) is 0 Å². The van der Waals surface area contributed by atoms with Crippen LogP contribution in [-0.2, 0) is 9.53 Å². The molecule has 1 N–H and O–H groups in total. The van der Waals surface area contributed by atoms with E-state index in [-0.39, 0.29) is 12.6 Å². The monoisotopic (exact) mass is 403 g/mol. The number of benzene rings is 3. The van der Waals surface area contributed by atoms with Crippen LogP contribution in [0, 0.1) is 0 Å². The maximum absolute atomic E-state index is 12.5. The fourth-order valence-electron chi connectivity index (χ4n) is 3.24. The number of rotatable bonds is 6. The van der Waals surface area contributed by atoms with E-state index in [2.05, 4.69) is 5.32 Å². The molecule has 0 atom stereocenters. The molecule has 0 aromatic heterocycles. The number of fused-ring (bicyclic) bond motifs is 1. The van der Waals surface area contributed by atoms with Gasteiger partial charge in [-0.15, -0.1) is 0 Å². The molecule has 0 bridgehead atoms. The quantitative estimate of drug-likeness (QED) is 0.638. The first-order chi connectivity index (χ1) is 14.7. The smallest absolute Gasteiger partial charge is 0.338 e. The molecule has 0 radical (unpaired) electrons. The minimum Gasteiger partial charge on any atom is -0.486 e. The Balaban J connectivity index is 1.41. The van der Waals surface area contributed by atoms with Crippen LogP contribution in [0.15, 0.2) is 78.9 Å². The molecule has 0 saturated carbocycles. The molecule has 0 fully saturated rings. The first-order valence-corrected chi connectivity index (χ1v) is 9.67. The minimum atomic E-state index is -0.599. The van der Waals surface area contributed by atoms with E-state index >= 15 is 0 Å². The molecule has 0 saturated heterocycles. The van der Waals surface area contributed by atoms with Gasteiger partial charge in [0.15, 0.2) is 18.1 Å². The second kappa shape index (κ2) is 9.13. The number of amides is 1. The topological polar surface area (TPSA) is 73.9 Å². The highest BCUT2D eigenvalue weighted by Crippen LogP contribution is 2.31. The molecule has 3 aromatic carbocycles. The fourth-order valence-corrected chi connectivity index (χ4v) is 3.24.